The third-order valence-electron chi connectivity index (χ3n) is 3.01. The maximum atomic E-state index is 11.8. The van der Waals surface area contributed by atoms with Crippen LogP contribution in [0.2, 0.25) is 0 Å². The Balaban J connectivity index is 2.23. The SMILES string of the molecule is CS(=O)(=O)N(C1C=CCC1)C1C=CCC1. The maximum Gasteiger partial charge on any atom is 0.212 e. The van der Waals surface area contributed by atoms with Gasteiger partial charge in [0.1, 0.15) is 0 Å². The number of hydrogen-bond donors (Lipinski definition) is 0. The molecule has 2 atom stereocenters. The predicted molar refractivity (Wildman–Crippen MR) is 61.0 cm³/mol. The number of nitrogens with zero attached hydrogens (tertiary/aromatic N) is 1. The average molecular weight is 227 g/mol. The summed E-state index contributed by atoms with van der Waals surface area (Å²) < 4.78 is 25.2. The molecule has 2 rings (SSSR count). The fourth-order valence-corrected chi connectivity index (χ4v) is 3.73. The summed E-state index contributed by atoms with van der Waals surface area (Å²) >= 11 is 0. The molecule has 0 saturated heterocycles. The minimum absolute atomic E-state index is 0.0766. The van der Waals surface area contributed by atoms with Crippen molar-refractivity contribution in [2.75, 3.05) is 6.26 Å². The molecule has 2 unspecified atom stereocenters. The highest BCUT2D eigenvalue weighted by molar-refractivity contribution is 7.88. The van der Waals surface area contributed by atoms with Crippen molar-refractivity contribution in [3.05, 3.63) is 24.3 Å². The van der Waals surface area contributed by atoms with Crippen molar-refractivity contribution in [2.45, 2.75) is 37.8 Å². The first-order chi connectivity index (χ1) is 7.09. The van der Waals surface area contributed by atoms with Gasteiger partial charge in [0.15, 0.2) is 0 Å². The van der Waals surface area contributed by atoms with Gasteiger partial charge in [-0.15, -0.1) is 0 Å². The number of rotatable bonds is 3. The lowest BCUT2D eigenvalue weighted by molar-refractivity contribution is 0.312. The zero-order chi connectivity index (χ0) is 10.9. The molecule has 2 aliphatic carbocycles. The van der Waals surface area contributed by atoms with Gasteiger partial charge in [-0.05, 0) is 25.7 Å². The van der Waals surface area contributed by atoms with Crippen molar-refractivity contribution >= 4 is 10.0 Å². The molecular weight excluding hydrogens is 210 g/mol. The third kappa shape index (κ3) is 2.32. The zero-order valence-electron chi connectivity index (χ0n) is 8.96. The second-order valence-corrected chi connectivity index (χ2v) is 6.13. The molecule has 84 valence electrons. The molecule has 0 fully saturated rings. The van der Waals surface area contributed by atoms with Gasteiger partial charge in [-0.3, -0.25) is 0 Å². The smallest absolute Gasteiger partial charge is 0.212 e. The van der Waals surface area contributed by atoms with Crippen LogP contribution in [0.5, 0.6) is 0 Å². The van der Waals surface area contributed by atoms with E-state index in [1.54, 1.807) is 4.31 Å². The van der Waals surface area contributed by atoms with E-state index in [0.29, 0.717) is 0 Å². The van der Waals surface area contributed by atoms with Crippen molar-refractivity contribution < 1.29 is 8.42 Å². The average Bonchev–Trinajstić information content (AvgIpc) is 2.73. The summed E-state index contributed by atoms with van der Waals surface area (Å²) in [6, 6.07) is 0.153. The van der Waals surface area contributed by atoms with Gasteiger partial charge >= 0.3 is 0 Å². The molecule has 0 aliphatic heterocycles. The minimum Gasteiger partial charge on any atom is -0.212 e. The van der Waals surface area contributed by atoms with Gasteiger partial charge < -0.3 is 0 Å². The molecule has 15 heavy (non-hydrogen) atoms. The number of allylic oxidation sites excluding steroid dienone is 2. The Hall–Kier alpha value is -0.610. The van der Waals surface area contributed by atoms with Crippen LogP contribution >= 0.6 is 0 Å². The second-order valence-electron chi connectivity index (χ2n) is 4.24. The van der Waals surface area contributed by atoms with Crippen molar-refractivity contribution in [3.63, 3.8) is 0 Å². The molecule has 0 amide bonds. The molecular formula is C11H17NO2S. The summed E-state index contributed by atoms with van der Waals surface area (Å²) in [6.07, 6.45) is 13.3. The fourth-order valence-electron chi connectivity index (χ4n) is 2.39. The van der Waals surface area contributed by atoms with Gasteiger partial charge in [0.25, 0.3) is 0 Å². The highest BCUT2D eigenvalue weighted by Crippen LogP contribution is 2.26. The van der Waals surface area contributed by atoms with Crippen molar-refractivity contribution in [1.82, 2.24) is 4.31 Å². The summed E-state index contributed by atoms with van der Waals surface area (Å²) in [7, 11) is -3.10. The fraction of sp³-hybridized carbons (Fsp3) is 0.636. The molecule has 0 N–H and O–H groups in total. The Morgan fingerprint density at radius 1 is 1.07 bits per heavy atom. The molecule has 0 spiro atoms. The van der Waals surface area contributed by atoms with E-state index in [0.717, 1.165) is 25.7 Å². The van der Waals surface area contributed by atoms with Gasteiger partial charge in [-0.25, -0.2) is 8.42 Å². The summed E-state index contributed by atoms with van der Waals surface area (Å²) in [5.74, 6) is 0. The largest absolute Gasteiger partial charge is 0.212 e. The third-order valence-corrected chi connectivity index (χ3v) is 4.32. The van der Waals surface area contributed by atoms with Gasteiger partial charge in [-0.1, -0.05) is 24.3 Å². The molecule has 0 aromatic carbocycles. The Labute approximate surface area is 91.5 Å². The van der Waals surface area contributed by atoms with Gasteiger partial charge in [0.2, 0.25) is 10.0 Å². The molecule has 0 aromatic heterocycles. The molecule has 0 bridgehead atoms. The quantitative estimate of drug-likeness (QED) is 0.688. The van der Waals surface area contributed by atoms with Gasteiger partial charge in [0, 0.05) is 12.1 Å². The normalized spacial score (nSPS) is 30.5. The predicted octanol–water partition coefficient (Wildman–Crippen LogP) is 1.69. The zero-order valence-corrected chi connectivity index (χ0v) is 9.78. The van der Waals surface area contributed by atoms with E-state index in [1.807, 2.05) is 12.2 Å². The van der Waals surface area contributed by atoms with E-state index in [1.165, 1.54) is 6.26 Å². The van der Waals surface area contributed by atoms with E-state index in [9.17, 15) is 8.42 Å². The van der Waals surface area contributed by atoms with E-state index >= 15 is 0 Å². The standard InChI is InChI=1S/C11H17NO2S/c1-15(13,14)12(10-6-2-3-7-10)11-8-4-5-9-11/h2,4,6,8,10-11H,3,5,7,9H2,1H3. The number of hydrogen-bond acceptors (Lipinski definition) is 2. The van der Waals surface area contributed by atoms with Crippen LogP contribution in [0, 0.1) is 0 Å². The lowest BCUT2D eigenvalue weighted by Gasteiger charge is -2.30. The molecule has 0 heterocycles. The highest BCUT2D eigenvalue weighted by Gasteiger charge is 2.32. The Bertz CT molecular complexity index is 361. The molecule has 0 radical (unpaired) electrons. The monoisotopic (exact) mass is 227 g/mol. The van der Waals surface area contributed by atoms with E-state index in [2.05, 4.69) is 12.2 Å². The van der Waals surface area contributed by atoms with E-state index in [4.69, 9.17) is 0 Å². The molecule has 3 nitrogen and oxygen atoms in total. The van der Waals surface area contributed by atoms with Crippen LogP contribution < -0.4 is 0 Å². The van der Waals surface area contributed by atoms with Gasteiger partial charge in [0.05, 0.1) is 6.26 Å². The Kier molecular flexibility index (Phi) is 2.98. The number of sulfonamides is 1. The lowest BCUT2D eigenvalue weighted by atomic mass is 10.2. The first kappa shape index (κ1) is 10.9. The van der Waals surface area contributed by atoms with Crippen molar-refractivity contribution in [3.8, 4) is 0 Å². The van der Waals surface area contributed by atoms with E-state index in [-0.39, 0.29) is 12.1 Å². The van der Waals surface area contributed by atoms with Crippen LogP contribution in [0.15, 0.2) is 24.3 Å². The maximum absolute atomic E-state index is 11.8. The minimum atomic E-state index is -3.10. The van der Waals surface area contributed by atoms with E-state index < -0.39 is 10.0 Å². The molecule has 0 saturated carbocycles. The topological polar surface area (TPSA) is 37.4 Å². The first-order valence-corrected chi connectivity index (χ1v) is 7.26. The van der Waals surface area contributed by atoms with Crippen molar-refractivity contribution in [2.24, 2.45) is 0 Å². The summed E-state index contributed by atoms with van der Waals surface area (Å²) in [4.78, 5) is 0. The van der Waals surface area contributed by atoms with Crippen LogP contribution in [-0.4, -0.2) is 31.1 Å². The molecule has 2 aliphatic rings. The van der Waals surface area contributed by atoms with Crippen LogP contribution in [0.4, 0.5) is 0 Å². The summed E-state index contributed by atoms with van der Waals surface area (Å²) in [5.41, 5.74) is 0. The molecule has 4 heteroatoms. The van der Waals surface area contributed by atoms with Crippen LogP contribution in [0.1, 0.15) is 25.7 Å². The van der Waals surface area contributed by atoms with Gasteiger partial charge in [-0.2, -0.15) is 4.31 Å². The van der Waals surface area contributed by atoms with Crippen LogP contribution in [0.3, 0.4) is 0 Å². The van der Waals surface area contributed by atoms with Crippen LogP contribution in [0.25, 0.3) is 0 Å². The Morgan fingerprint density at radius 3 is 1.80 bits per heavy atom. The van der Waals surface area contributed by atoms with Crippen LogP contribution in [-0.2, 0) is 10.0 Å². The summed E-state index contributed by atoms with van der Waals surface area (Å²) in [6.45, 7) is 0. The molecule has 0 aromatic rings. The first-order valence-electron chi connectivity index (χ1n) is 5.41. The van der Waals surface area contributed by atoms with Crippen molar-refractivity contribution in [1.29, 1.82) is 0 Å². The highest BCUT2D eigenvalue weighted by atomic mass is 32.2. The Morgan fingerprint density at radius 2 is 1.53 bits per heavy atom. The summed E-state index contributed by atoms with van der Waals surface area (Å²) in [5, 5.41) is 0. The second kappa shape index (κ2) is 4.10. The lowest BCUT2D eigenvalue weighted by Crippen LogP contribution is -2.43.